The third kappa shape index (κ3) is 3.03. The van der Waals surface area contributed by atoms with E-state index < -0.39 is 5.97 Å². The van der Waals surface area contributed by atoms with Crippen LogP contribution in [0.25, 0.3) is 0 Å². The Kier molecular flexibility index (Phi) is 4.47. The summed E-state index contributed by atoms with van der Waals surface area (Å²) in [4.78, 5) is 16.9. The smallest absolute Gasteiger partial charge is 0.340 e. The van der Waals surface area contributed by atoms with Crippen LogP contribution in [-0.4, -0.2) is 24.3 Å². The number of esters is 1. The highest BCUT2D eigenvalue weighted by atomic mass is 32.2. The average Bonchev–Trinajstić information content (AvgIpc) is 2.49. The number of nitrogen functional groups attached to an aromatic ring is 1. The van der Waals surface area contributed by atoms with Crippen LogP contribution in [0.5, 0.6) is 0 Å². The molecule has 1 aromatic heterocycles. The molecule has 0 aliphatic carbocycles. The lowest BCUT2D eigenvalue weighted by molar-refractivity contribution is 0.0602. The summed E-state index contributed by atoms with van der Waals surface area (Å²) in [6.07, 6.45) is 3.53. The third-order valence-electron chi connectivity index (χ3n) is 2.75. The second-order valence-electron chi connectivity index (χ2n) is 3.97. The SMILES string of the molecule is COC(=O)c1ccnc(Nc2ccc(SC)cc2)c1N. The Morgan fingerprint density at radius 2 is 2.00 bits per heavy atom. The van der Waals surface area contributed by atoms with Crippen molar-refractivity contribution in [3.63, 3.8) is 0 Å². The molecule has 0 aliphatic heterocycles. The summed E-state index contributed by atoms with van der Waals surface area (Å²) >= 11 is 1.67. The van der Waals surface area contributed by atoms with Crippen molar-refractivity contribution in [2.24, 2.45) is 0 Å². The predicted molar refractivity (Wildman–Crippen MR) is 81.5 cm³/mol. The molecule has 2 aromatic rings. The molecule has 0 amide bonds. The maximum Gasteiger partial charge on any atom is 0.340 e. The number of nitrogens with one attached hydrogen (secondary N) is 1. The number of anilines is 3. The molecule has 104 valence electrons. The molecule has 0 unspecified atom stereocenters. The van der Waals surface area contributed by atoms with Crippen LogP contribution in [-0.2, 0) is 4.74 Å². The van der Waals surface area contributed by atoms with E-state index in [-0.39, 0.29) is 5.69 Å². The molecular formula is C14H15N3O2S. The molecule has 0 bridgehead atoms. The molecule has 1 aromatic carbocycles. The van der Waals surface area contributed by atoms with Crippen molar-refractivity contribution in [3.8, 4) is 0 Å². The summed E-state index contributed by atoms with van der Waals surface area (Å²) in [5, 5.41) is 3.09. The van der Waals surface area contributed by atoms with E-state index in [1.54, 1.807) is 11.8 Å². The van der Waals surface area contributed by atoms with E-state index >= 15 is 0 Å². The first-order valence-corrected chi connectivity index (χ1v) is 7.12. The molecule has 0 fully saturated rings. The van der Waals surface area contributed by atoms with Gasteiger partial charge in [-0.15, -0.1) is 11.8 Å². The van der Waals surface area contributed by atoms with E-state index in [2.05, 4.69) is 15.0 Å². The van der Waals surface area contributed by atoms with Crippen LogP contribution in [0.3, 0.4) is 0 Å². The lowest BCUT2D eigenvalue weighted by Gasteiger charge is -2.11. The van der Waals surface area contributed by atoms with Crippen molar-refractivity contribution < 1.29 is 9.53 Å². The van der Waals surface area contributed by atoms with Crippen LogP contribution < -0.4 is 11.1 Å². The lowest BCUT2D eigenvalue weighted by Crippen LogP contribution is -2.08. The first-order chi connectivity index (χ1) is 9.65. The van der Waals surface area contributed by atoms with Gasteiger partial charge in [0.15, 0.2) is 5.82 Å². The van der Waals surface area contributed by atoms with Crippen LogP contribution in [0.1, 0.15) is 10.4 Å². The second kappa shape index (κ2) is 6.29. The fourth-order valence-corrected chi connectivity index (χ4v) is 2.08. The van der Waals surface area contributed by atoms with Crippen molar-refractivity contribution in [2.45, 2.75) is 4.90 Å². The molecule has 2 rings (SSSR count). The normalized spacial score (nSPS) is 10.1. The number of hydrogen-bond donors (Lipinski definition) is 2. The Morgan fingerprint density at radius 3 is 2.60 bits per heavy atom. The molecule has 0 saturated carbocycles. The van der Waals surface area contributed by atoms with Crippen LogP contribution in [0.4, 0.5) is 17.2 Å². The van der Waals surface area contributed by atoms with Gasteiger partial charge in [-0.2, -0.15) is 0 Å². The van der Waals surface area contributed by atoms with Gasteiger partial charge in [-0.3, -0.25) is 0 Å². The van der Waals surface area contributed by atoms with Crippen LogP contribution in [0.15, 0.2) is 41.4 Å². The molecule has 20 heavy (non-hydrogen) atoms. The molecule has 6 heteroatoms. The number of ether oxygens (including phenoxy) is 1. The Hall–Kier alpha value is -2.21. The number of methoxy groups -OCH3 is 1. The predicted octanol–water partition coefficient (Wildman–Crippen LogP) is 2.92. The number of carbonyl (C=O) groups excluding carboxylic acids is 1. The van der Waals surface area contributed by atoms with E-state index in [0.29, 0.717) is 11.4 Å². The molecule has 0 saturated heterocycles. The fourth-order valence-electron chi connectivity index (χ4n) is 1.67. The monoisotopic (exact) mass is 289 g/mol. The summed E-state index contributed by atoms with van der Waals surface area (Å²) in [7, 11) is 1.32. The summed E-state index contributed by atoms with van der Waals surface area (Å²) < 4.78 is 4.68. The molecule has 5 nitrogen and oxygen atoms in total. The maximum absolute atomic E-state index is 11.6. The number of rotatable bonds is 4. The standard InChI is InChI=1S/C14H15N3O2S/c1-19-14(18)11-7-8-16-13(12(11)15)17-9-3-5-10(20-2)6-4-9/h3-8H,15H2,1-2H3,(H,16,17). The largest absolute Gasteiger partial charge is 0.465 e. The van der Waals surface area contributed by atoms with Crippen molar-refractivity contribution in [1.29, 1.82) is 0 Å². The van der Waals surface area contributed by atoms with Gasteiger partial charge in [-0.25, -0.2) is 9.78 Å². The minimum Gasteiger partial charge on any atom is -0.465 e. The molecule has 0 spiro atoms. The van der Waals surface area contributed by atoms with Crippen LogP contribution in [0, 0.1) is 0 Å². The van der Waals surface area contributed by atoms with E-state index in [4.69, 9.17) is 5.73 Å². The fraction of sp³-hybridized carbons (Fsp3) is 0.143. The van der Waals surface area contributed by atoms with E-state index in [9.17, 15) is 4.79 Å². The van der Waals surface area contributed by atoms with E-state index in [1.165, 1.54) is 24.3 Å². The molecular weight excluding hydrogens is 274 g/mol. The van der Waals surface area contributed by atoms with Crippen molar-refractivity contribution >= 4 is 34.9 Å². The highest BCUT2D eigenvalue weighted by molar-refractivity contribution is 7.98. The minimum absolute atomic E-state index is 0.272. The zero-order chi connectivity index (χ0) is 14.5. The van der Waals surface area contributed by atoms with Gasteiger partial charge in [0.1, 0.15) is 0 Å². The molecule has 0 atom stereocenters. The second-order valence-corrected chi connectivity index (χ2v) is 4.85. The molecule has 0 aliphatic rings. The van der Waals surface area contributed by atoms with Crippen LogP contribution in [0.2, 0.25) is 0 Å². The Morgan fingerprint density at radius 1 is 1.30 bits per heavy atom. The number of nitrogens with zero attached hydrogens (tertiary/aromatic N) is 1. The van der Waals surface area contributed by atoms with Gasteiger partial charge >= 0.3 is 5.97 Å². The topological polar surface area (TPSA) is 77.2 Å². The van der Waals surface area contributed by atoms with Gasteiger partial charge in [0, 0.05) is 16.8 Å². The quantitative estimate of drug-likeness (QED) is 0.665. The third-order valence-corrected chi connectivity index (χ3v) is 3.49. The van der Waals surface area contributed by atoms with Crippen molar-refractivity contribution in [3.05, 3.63) is 42.1 Å². The molecule has 3 N–H and O–H groups in total. The average molecular weight is 289 g/mol. The Balaban J connectivity index is 2.26. The minimum atomic E-state index is -0.481. The summed E-state index contributed by atoms with van der Waals surface area (Å²) in [5.74, 6) is -0.0458. The maximum atomic E-state index is 11.6. The van der Waals surface area contributed by atoms with Crippen LogP contribution >= 0.6 is 11.8 Å². The number of nitrogens with two attached hydrogens (primary N) is 1. The van der Waals surface area contributed by atoms with Gasteiger partial charge in [0.25, 0.3) is 0 Å². The van der Waals surface area contributed by atoms with Gasteiger partial charge in [-0.05, 0) is 36.6 Å². The number of carbonyl (C=O) groups is 1. The number of thioether (sulfide) groups is 1. The van der Waals surface area contributed by atoms with Crippen molar-refractivity contribution in [2.75, 3.05) is 24.4 Å². The lowest BCUT2D eigenvalue weighted by atomic mass is 10.2. The van der Waals surface area contributed by atoms with Crippen molar-refractivity contribution in [1.82, 2.24) is 4.98 Å². The van der Waals surface area contributed by atoms with Gasteiger partial charge in [0.05, 0.1) is 18.4 Å². The summed E-state index contributed by atoms with van der Waals surface area (Å²) in [6.45, 7) is 0. The molecule has 0 radical (unpaired) electrons. The van der Waals surface area contributed by atoms with E-state index in [0.717, 1.165) is 5.69 Å². The number of aromatic nitrogens is 1. The summed E-state index contributed by atoms with van der Waals surface area (Å²) in [5.41, 5.74) is 7.35. The van der Waals surface area contributed by atoms with Gasteiger partial charge in [-0.1, -0.05) is 0 Å². The van der Waals surface area contributed by atoms with Gasteiger partial charge in [0.2, 0.25) is 0 Å². The zero-order valence-electron chi connectivity index (χ0n) is 11.2. The first kappa shape index (κ1) is 14.2. The number of hydrogen-bond acceptors (Lipinski definition) is 6. The Bertz CT molecular complexity index is 614. The van der Waals surface area contributed by atoms with Gasteiger partial charge < -0.3 is 15.8 Å². The number of pyridine rings is 1. The Labute approximate surface area is 121 Å². The van der Waals surface area contributed by atoms with E-state index in [1.807, 2.05) is 30.5 Å². The highest BCUT2D eigenvalue weighted by Crippen LogP contribution is 2.25. The summed E-state index contributed by atoms with van der Waals surface area (Å²) in [6, 6.07) is 9.37. The highest BCUT2D eigenvalue weighted by Gasteiger charge is 2.13. The number of benzene rings is 1. The zero-order valence-corrected chi connectivity index (χ0v) is 12.0. The first-order valence-electron chi connectivity index (χ1n) is 5.89. The molecule has 1 heterocycles.